The molecular formula is C12H20N2O. The molecule has 15 heavy (non-hydrogen) atoms. The summed E-state index contributed by atoms with van der Waals surface area (Å²) in [6.45, 7) is 3.86. The van der Waals surface area contributed by atoms with Crippen molar-refractivity contribution in [2.45, 2.75) is 13.5 Å². The van der Waals surface area contributed by atoms with E-state index in [1.807, 2.05) is 13.1 Å². The normalized spacial score (nSPS) is 10.7. The van der Waals surface area contributed by atoms with Gasteiger partial charge in [-0.3, -0.25) is 4.90 Å². The Morgan fingerprint density at radius 2 is 2.13 bits per heavy atom. The average molecular weight is 208 g/mol. The number of ether oxygens (including phenoxy) is 1. The van der Waals surface area contributed by atoms with E-state index in [9.17, 15) is 0 Å². The summed E-state index contributed by atoms with van der Waals surface area (Å²) in [7, 11) is 5.74. The predicted octanol–water partition coefficient (Wildman–Crippen LogP) is 1.61. The first kappa shape index (κ1) is 12.0. The van der Waals surface area contributed by atoms with Gasteiger partial charge in [-0.1, -0.05) is 17.7 Å². The van der Waals surface area contributed by atoms with E-state index in [0.717, 1.165) is 19.0 Å². The molecule has 1 rings (SSSR count). The van der Waals surface area contributed by atoms with Crippen LogP contribution in [0.25, 0.3) is 0 Å². The molecule has 0 aliphatic rings. The minimum absolute atomic E-state index is 0.872. The second-order valence-corrected chi connectivity index (χ2v) is 3.84. The van der Waals surface area contributed by atoms with Gasteiger partial charge in [0, 0.05) is 18.8 Å². The maximum Gasteiger partial charge on any atom is 0.123 e. The third-order valence-electron chi connectivity index (χ3n) is 2.30. The van der Waals surface area contributed by atoms with Crippen molar-refractivity contribution in [2.24, 2.45) is 0 Å². The Bertz CT molecular complexity index is 312. The van der Waals surface area contributed by atoms with Crippen molar-refractivity contribution in [1.82, 2.24) is 10.2 Å². The van der Waals surface area contributed by atoms with Crippen LogP contribution in [-0.4, -0.2) is 32.8 Å². The molecule has 0 fully saturated rings. The summed E-state index contributed by atoms with van der Waals surface area (Å²) in [5, 5.41) is 3.12. The van der Waals surface area contributed by atoms with E-state index in [1.165, 1.54) is 11.1 Å². The Hall–Kier alpha value is -1.06. The van der Waals surface area contributed by atoms with Crippen molar-refractivity contribution < 1.29 is 4.74 Å². The summed E-state index contributed by atoms with van der Waals surface area (Å²) in [5.41, 5.74) is 2.50. The molecule has 0 bridgehead atoms. The number of hydrogen-bond acceptors (Lipinski definition) is 3. The molecule has 0 amide bonds. The Labute approximate surface area is 92.0 Å². The third-order valence-corrected chi connectivity index (χ3v) is 2.30. The second kappa shape index (κ2) is 5.73. The van der Waals surface area contributed by atoms with Gasteiger partial charge in [0.15, 0.2) is 0 Å². The molecule has 1 N–H and O–H groups in total. The SMILES string of the molecule is CNCN(C)Cc1cc(C)ccc1OC. The zero-order valence-electron chi connectivity index (χ0n) is 10.0. The van der Waals surface area contributed by atoms with Crippen LogP contribution in [0.1, 0.15) is 11.1 Å². The van der Waals surface area contributed by atoms with Crippen molar-refractivity contribution in [3.63, 3.8) is 0 Å². The van der Waals surface area contributed by atoms with Crippen molar-refractivity contribution in [3.05, 3.63) is 29.3 Å². The summed E-state index contributed by atoms with van der Waals surface area (Å²) < 4.78 is 5.33. The van der Waals surface area contributed by atoms with Crippen LogP contribution in [-0.2, 0) is 6.54 Å². The quantitative estimate of drug-likeness (QED) is 0.744. The Kier molecular flexibility index (Phi) is 4.59. The average Bonchev–Trinajstić information content (AvgIpc) is 2.18. The lowest BCUT2D eigenvalue weighted by Gasteiger charge is -2.18. The summed E-state index contributed by atoms with van der Waals surface area (Å²) in [5.74, 6) is 0.962. The molecule has 0 saturated carbocycles. The maximum atomic E-state index is 5.33. The first-order chi connectivity index (χ1) is 7.17. The highest BCUT2D eigenvalue weighted by Gasteiger charge is 2.05. The van der Waals surface area contributed by atoms with Gasteiger partial charge in [0.05, 0.1) is 7.11 Å². The van der Waals surface area contributed by atoms with E-state index in [2.05, 4.69) is 36.3 Å². The van der Waals surface area contributed by atoms with Crippen LogP contribution in [0, 0.1) is 6.92 Å². The molecule has 1 aromatic carbocycles. The second-order valence-electron chi connectivity index (χ2n) is 3.84. The van der Waals surface area contributed by atoms with Gasteiger partial charge in [-0.2, -0.15) is 0 Å². The molecule has 3 nitrogen and oxygen atoms in total. The molecule has 1 aromatic rings. The van der Waals surface area contributed by atoms with Gasteiger partial charge in [0.1, 0.15) is 5.75 Å². The van der Waals surface area contributed by atoms with Crippen molar-refractivity contribution >= 4 is 0 Å². The molecule has 0 aliphatic heterocycles. The zero-order chi connectivity index (χ0) is 11.3. The Balaban J connectivity index is 2.77. The van der Waals surface area contributed by atoms with Crippen LogP contribution in [0.5, 0.6) is 5.75 Å². The highest BCUT2D eigenvalue weighted by molar-refractivity contribution is 5.36. The Morgan fingerprint density at radius 3 is 2.73 bits per heavy atom. The largest absolute Gasteiger partial charge is 0.496 e. The summed E-state index contributed by atoms with van der Waals surface area (Å²) >= 11 is 0. The van der Waals surface area contributed by atoms with Crippen LogP contribution >= 0.6 is 0 Å². The molecule has 0 aliphatic carbocycles. The fourth-order valence-corrected chi connectivity index (χ4v) is 1.65. The van der Waals surface area contributed by atoms with Gasteiger partial charge >= 0.3 is 0 Å². The van der Waals surface area contributed by atoms with Gasteiger partial charge in [-0.25, -0.2) is 0 Å². The monoisotopic (exact) mass is 208 g/mol. The lowest BCUT2D eigenvalue weighted by molar-refractivity contribution is 0.302. The van der Waals surface area contributed by atoms with E-state index in [1.54, 1.807) is 7.11 Å². The summed E-state index contributed by atoms with van der Waals surface area (Å²) in [4.78, 5) is 2.21. The smallest absolute Gasteiger partial charge is 0.123 e. The number of rotatable bonds is 5. The first-order valence-corrected chi connectivity index (χ1v) is 5.14. The van der Waals surface area contributed by atoms with Crippen LogP contribution in [0.4, 0.5) is 0 Å². The van der Waals surface area contributed by atoms with E-state index >= 15 is 0 Å². The lowest BCUT2D eigenvalue weighted by Crippen LogP contribution is -2.28. The van der Waals surface area contributed by atoms with E-state index in [4.69, 9.17) is 4.74 Å². The first-order valence-electron chi connectivity index (χ1n) is 5.14. The third kappa shape index (κ3) is 3.53. The predicted molar refractivity (Wildman–Crippen MR) is 63.1 cm³/mol. The van der Waals surface area contributed by atoms with Crippen LogP contribution in [0.15, 0.2) is 18.2 Å². The van der Waals surface area contributed by atoms with Crippen LogP contribution in [0.2, 0.25) is 0 Å². The highest BCUT2D eigenvalue weighted by atomic mass is 16.5. The van der Waals surface area contributed by atoms with Gasteiger partial charge in [-0.05, 0) is 27.1 Å². The number of nitrogens with one attached hydrogen (secondary N) is 1. The minimum Gasteiger partial charge on any atom is -0.496 e. The molecular weight excluding hydrogens is 188 g/mol. The molecule has 0 aromatic heterocycles. The minimum atomic E-state index is 0.872. The maximum absolute atomic E-state index is 5.33. The summed E-state index contributed by atoms with van der Waals surface area (Å²) in [6, 6.07) is 6.27. The fraction of sp³-hybridized carbons (Fsp3) is 0.500. The molecule has 84 valence electrons. The van der Waals surface area contributed by atoms with Gasteiger partial charge in [-0.15, -0.1) is 0 Å². The molecule has 0 heterocycles. The van der Waals surface area contributed by atoms with Gasteiger partial charge < -0.3 is 10.1 Å². The molecule has 3 heteroatoms. The fourth-order valence-electron chi connectivity index (χ4n) is 1.65. The Morgan fingerprint density at radius 1 is 1.40 bits per heavy atom. The van der Waals surface area contributed by atoms with Crippen LogP contribution < -0.4 is 10.1 Å². The number of hydrogen-bond donors (Lipinski definition) is 1. The van der Waals surface area contributed by atoms with Crippen molar-refractivity contribution in [3.8, 4) is 5.75 Å². The molecule has 0 saturated heterocycles. The van der Waals surface area contributed by atoms with E-state index in [0.29, 0.717) is 0 Å². The molecule has 0 atom stereocenters. The van der Waals surface area contributed by atoms with Crippen LogP contribution in [0.3, 0.4) is 0 Å². The van der Waals surface area contributed by atoms with E-state index < -0.39 is 0 Å². The van der Waals surface area contributed by atoms with Crippen molar-refractivity contribution in [1.29, 1.82) is 0 Å². The molecule has 0 spiro atoms. The number of nitrogens with zero attached hydrogens (tertiary/aromatic N) is 1. The van der Waals surface area contributed by atoms with Crippen molar-refractivity contribution in [2.75, 3.05) is 27.9 Å². The highest BCUT2D eigenvalue weighted by Crippen LogP contribution is 2.20. The number of aryl methyl sites for hydroxylation is 1. The molecule has 0 radical (unpaired) electrons. The zero-order valence-corrected chi connectivity index (χ0v) is 10.0. The van der Waals surface area contributed by atoms with Gasteiger partial charge in [0.2, 0.25) is 0 Å². The van der Waals surface area contributed by atoms with Gasteiger partial charge in [0.25, 0.3) is 0 Å². The summed E-state index contributed by atoms with van der Waals surface area (Å²) in [6.07, 6.45) is 0. The van der Waals surface area contributed by atoms with E-state index in [-0.39, 0.29) is 0 Å². The standard InChI is InChI=1S/C12H20N2O/c1-10-5-6-12(15-4)11(7-10)8-14(3)9-13-2/h5-7,13H,8-9H2,1-4H3. The number of benzene rings is 1. The topological polar surface area (TPSA) is 24.5 Å². The number of methoxy groups -OCH3 is 1. The molecule has 0 unspecified atom stereocenters. The lowest BCUT2D eigenvalue weighted by atomic mass is 10.1.